The molecule has 1 aliphatic carbocycles. The van der Waals surface area contributed by atoms with Crippen LogP contribution in [-0.4, -0.2) is 35.0 Å². The normalized spacial score (nSPS) is 14.9. The SMILES string of the molecule is COc1cc([C@@H](O)[C@@H](CC2Cc3ccccc3C2)Cn2ccc(CCCC(=O)O)c2)cc(OC)c1C. The lowest BCUT2D eigenvalue weighted by Crippen LogP contribution is -2.22. The van der Waals surface area contributed by atoms with Crippen molar-refractivity contribution in [2.45, 2.75) is 58.1 Å². The molecule has 36 heavy (non-hydrogen) atoms. The fourth-order valence-electron chi connectivity index (χ4n) is 5.56. The second kappa shape index (κ2) is 11.7. The Hall–Kier alpha value is -3.25. The molecular formula is C30H37NO5. The Morgan fingerprint density at radius 3 is 2.31 bits per heavy atom. The summed E-state index contributed by atoms with van der Waals surface area (Å²) in [7, 11) is 3.27. The first-order valence-electron chi connectivity index (χ1n) is 12.7. The Labute approximate surface area is 213 Å². The topological polar surface area (TPSA) is 80.9 Å². The van der Waals surface area contributed by atoms with Crippen LogP contribution in [0, 0.1) is 18.8 Å². The maximum atomic E-state index is 11.7. The molecule has 0 saturated carbocycles. The molecule has 2 atom stereocenters. The second-order valence-corrected chi connectivity index (χ2v) is 10.00. The van der Waals surface area contributed by atoms with E-state index in [-0.39, 0.29) is 12.3 Å². The number of ether oxygens (including phenoxy) is 2. The Kier molecular flexibility index (Phi) is 8.36. The first-order valence-corrected chi connectivity index (χ1v) is 12.7. The quantitative estimate of drug-likeness (QED) is 0.356. The molecule has 0 unspecified atom stereocenters. The number of aliphatic carboxylic acids is 1. The average Bonchev–Trinajstić information content (AvgIpc) is 3.49. The number of nitrogens with zero attached hydrogens (tertiary/aromatic N) is 1. The molecule has 2 aromatic carbocycles. The third-order valence-corrected chi connectivity index (χ3v) is 7.45. The van der Waals surface area contributed by atoms with Gasteiger partial charge in [-0.15, -0.1) is 0 Å². The van der Waals surface area contributed by atoms with Crippen LogP contribution in [0.2, 0.25) is 0 Å². The summed E-state index contributed by atoms with van der Waals surface area (Å²) >= 11 is 0. The van der Waals surface area contributed by atoms with E-state index in [1.54, 1.807) is 14.2 Å². The minimum absolute atomic E-state index is 0.0132. The minimum atomic E-state index is -0.765. The summed E-state index contributed by atoms with van der Waals surface area (Å²) in [6, 6.07) is 14.5. The lowest BCUT2D eigenvalue weighted by molar-refractivity contribution is -0.137. The zero-order valence-corrected chi connectivity index (χ0v) is 21.4. The van der Waals surface area contributed by atoms with Crippen molar-refractivity contribution in [1.29, 1.82) is 0 Å². The zero-order chi connectivity index (χ0) is 25.7. The van der Waals surface area contributed by atoms with Gasteiger partial charge in [0, 0.05) is 36.8 Å². The molecule has 2 N–H and O–H groups in total. The fourth-order valence-corrected chi connectivity index (χ4v) is 5.56. The van der Waals surface area contributed by atoms with Crippen molar-refractivity contribution >= 4 is 5.97 Å². The van der Waals surface area contributed by atoms with Crippen molar-refractivity contribution in [2.75, 3.05) is 14.2 Å². The first-order chi connectivity index (χ1) is 17.4. The molecule has 0 amide bonds. The van der Waals surface area contributed by atoms with Crippen molar-refractivity contribution in [3.8, 4) is 11.5 Å². The van der Waals surface area contributed by atoms with Crippen LogP contribution < -0.4 is 9.47 Å². The van der Waals surface area contributed by atoms with Gasteiger partial charge < -0.3 is 24.3 Å². The Balaban J connectivity index is 1.55. The number of aromatic nitrogens is 1. The lowest BCUT2D eigenvalue weighted by Gasteiger charge is -2.27. The predicted molar refractivity (Wildman–Crippen MR) is 140 cm³/mol. The van der Waals surface area contributed by atoms with Crippen molar-refractivity contribution in [3.63, 3.8) is 0 Å². The number of fused-ring (bicyclic) bond motifs is 1. The summed E-state index contributed by atoms with van der Waals surface area (Å²) in [4.78, 5) is 10.9. The maximum absolute atomic E-state index is 11.7. The summed E-state index contributed by atoms with van der Waals surface area (Å²) in [5.41, 5.74) is 5.66. The molecule has 1 aromatic heterocycles. The average molecular weight is 492 g/mol. The van der Waals surface area contributed by atoms with Gasteiger partial charge in [0.05, 0.1) is 20.3 Å². The Morgan fingerprint density at radius 2 is 1.72 bits per heavy atom. The van der Waals surface area contributed by atoms with E-state index < -0.39 is 12.1 Å². The van der Waals surface area contributed by atoms with Crippen LogP contribution in [-0.2, 0) is 30.6 Å². The van der Waals surface area contributed by atoms with Gasteiger partial charge in [0.2, 0.25) is 0 Å². The van der Waals surface area contributed by atoms with Gasteiger partial charge in [0.25, 0.3) is 0 Å². The molecule has 0 saturated heterocycles. The number of aliphatic hydroxyl groups is 1. The van der Waals surface area contributed by atoms with Gasteiger partial charge in [0.1, 0.15) is 11.5 Å². The van der Waals surface area contributed by atoms with E-state index in [1.807, 2.05) is 25.3 Å². The Bertz CT molecular complexity index is 1130. The number of methoxy groups -OCH3 is 2. The molecule has 192 valence electrons. The molecule has 1 heterocycles. The molecule has 0 bridgehead atoms. The van der Waals surface area contributed by atoms with Crippen LogP contribution in [0.25, 0.3) is 0 Å². The summed E-state index contributed by atoms with van der Waals surface area (Å²) in [6.45, 7) is 2.62. The molecule has 6 heteroatoms. The number of carbonyl (C=O) groups is 1. The van der Waals surface area contributed by atoms with Gasteiger partial charge in [-0.25, -0.2) is 0 Å². The molecule has 6 nitrogen and oxygen atoms in total. The fraction of sp³-hybridized carbons (Fsp3) is 0.433. The van der Waals surface area contributed by atoms with Crippen molar-refractivity contribution in [3.05, 3.63) is 82.7 Å². The van der Waals surface area contributed by atoms with Gasteiger partial charge >= 0.3 is 5.97 Å². The number of carboxylic acid groups (broad SMARTS) is 1. The molecule has 3 aromatic rings. The molecule has 0 radical (unpaired) electrons. The monoisotopic (exact) mass is 491 g/mol. The van der Waals surface area contributed by atoms with Crippen LogP contribution in [0.1, 0.15) is 53.2 Å². The summed E-state index contributed by atoms with van der Waals surface area (Å²) in [5, 5.41) is 20.6. The minimum Gasteiger partial charge on any atom is -0.496 e. The second-order valence-electron chi connectivity index (χ2n) is 10.00. The highest BCUT2D eigenvalue weighted by molar-refractivity contribution is 5.66. The van der Waals surface area contributed by atoms with Crippen LogP contribution in [0.15, 0.2) is 54.9 Å². The summed E-state index contributed by atoms with van der Waals surface area (Å²) < 4.78 is 13.3. The highest BCUT2D eigenvalue weighted by Gasteiger charge is 2.30. The zero-order valence-electron chi connectivity index (χ0n) is 21.4. The number of benzene rings is 2. The standard InChI is InChI=1S/C30H37NO5/c1-20-27(35-2)16-25(17-28(20)36-3)30(34)26(15-22-13-23-8-4-5-9-24(23)14-22)19-31-12-11-21(18-31)7-6-10-29(32)33/h4-5,8-9,11-12,16-18,22,26,30,34H,6-7,10,13-15,19H2,1-3H3,(H,32,33)/t26-,30+/m0/s1. The van der Waals surface area contributed by atoms with E-state index in [0.717, 1.165) is 42.4 Å². The van der Waals surface area contributed by atoms with E-state index in [2.05, 4.69) is 41.1 Å². The van der Waals surface area contributed by atoms with Gasteiger partial charge in [-0.05, 0) is 85.4 Å². The van der Waals surface area contributed by atoms with Crippen molar-refractivity contribution < 1.29 is 24.5 Å². The Morgan fingerprint density at radius 1 is 1.08 bits per heavy atom. The van der Waals surface area contributed by atoms with Crippen molar-refractivity contribution in [1.82, 2.24) is 4.57 Å². The largest absolute Gasteiger partial charge is 0.496 e. The third-order valence-electron chi connectivity index (χ3n) is 7.45. The van der Waals surface area contributed by atoms with Crippen molar-refractivity contribution in [2.24, 2.45) is 11.8 Å². The number of hydrogen-bond acceptors (Lipinski definition) is 4. The van der Waals surface area contributed by atoms with Gasteiger partial charge in [0.15, 0.2) is 0 Å². The number of aryl methyl sites for hydroxylation is 1. The molecule has 0 aliphatic heterocycles. The molecule has 0 spiro atoms. The van der Waals surface area contributed by atoms with E-state index >= 15 is 0 Å². The highest BCUT2D eigenvalue weighted by Crippen LogP contribution is 2.39. The molecule has 0 fully saturated rings. The van der Waals surface area contributed by atoms with Crippen LogP contribution in [0.5, 0.6) is 11.5 Å². The van der Waals surface area contributed by atoms with E-state index in [9.17, 15) is 9.90 Å². The predicted octanol–water partition coefficient (Wildman–Crippen LogP) is 5.38. The lowest BCUT2D eigenvalue weighted by atomic mass is 9.85. The van der Waals surface area contributed by atoms with Gasteiger partial charge in [-0.3, -0.25) is 4.79 Å². The number of hydrogen-bond donors (Lipinski definition) is 2. The van der Waals surface area contributed by atoms with Crippen LogP contribution in [0.3, 0.4) is 0 Å². The van der Waals surface area contributed by atoms with Gasteiger partial charge in [-0.1, -0.05) is 24.3 Å². The van der Waals surface area contributed by atoms with Crippen LogP contribution in [0.4, 0.5) is 0 Å². The number of rotatable bonds is 12. The van der Waals surface area contributed by atoms with Gasteiger partial charge in [-0.2, -0.15) is 0 Å². The number of aliphatic hydroxyl groups excluding tert-OH is 1. The smallest absolute Gasteiger partial charge is 0.303 e. The maximum Gasteiger partial charge on any atom is 0.303 e. The third kappa shape index (κ3) is 6.11. The summed E-state index contributed by atoms with van der Waals surface area (Å²) in [6.07, 6.45) is 7.92. The van der Waals surface area contributed by atoms with E-state index in [4.69, 9.17) is 14.6 Å². The molecular weight excluding hydrogens is 454 g/mol. The highest BCUT2D eigenvalue weighted by atomic mass is 16.5. The first kappa shape index (κ1) is 25.8. The molecule has 4 rings (SSSR count). The van der Waals surface area contributed by atoms with Crippen LogP contribution >= 0.6 is 0 Å². The number of carboxylic acids is 1. The van der Waals surface area contributed by atoms with E-state index in [1.165, 1.54) is 11.1 Å². The van der Waals surface area contributed by atoms with E-state index in [0.29, 0.717) is 30.4 Å². The molecule has 1 aliphatic rings. The summed E-state index contributed by atoms with van der Waals surface area (Å²) in [5.74, 6) is 1.11.